The van der Waals surface area contributed by atoms with Crippen molar-refractivity contribution < 1.29 is 14.3 Å². The van der Waals surface area contributed by atoms with E-state index in [1.165, 1.54) is 7.11 Å². The first-order valence-electron chi connectivity index (χ1n) is 6.73. The van der Waals surface area contributed by atoms with Gasteiger partial charge in [0.1, 0.15) is 5.75 Å². The van der Waals surface area contributed by atoms with E-state index in [0.29, 0.717) is 11.4 Å². The normalized spacial score (nSPS) is 11.6. The Bertz CT molecular complexity index is 631. The topological polar surface area (TPSA) is 110 Å². The number of esters is 1. The van der Waals surface area contributed by atoms with Crippen molar-refractivity contribution in [2.24, 2.45) is 15.9 Å². The number of nitrogens with two attached hydrogens (primary N) is 1. The predicted octanol–water partition coefficient (Wildman–Crippen LogP) is 1.24. The molecule has 0 aliphatic heterocycles. The molecule has 124 valence electrons. The maximum atomic E-state index is 12.0. The van der Waals surface area contributed by atoms with Crippen molar-refractivity contribution in [2.75, 3.05) is 19.1 Å². The van der Waals surface area contributed by atoms with Crippen molar-refractivity contribution in [3.05, 3.63) is 24.3 Å². The van der Waals surface area contributed by atoms with Crippen LogP contribution in [-0.4, -0.2) is 36.2 Å². The van der Waals surface area contributed by atoms with Gasteiger partial charge in [0.25, 0.3) is 0 Å². The highest BCUT2D eigenvalue weighted by molar-refractivity contribution is 7.80. The predicted molar refractivity (Wildman–Crippen MR) is 93.7 cm³/mol. The molecule has 0 aromatic heterocycles. The zero-order valence-corrected chi connectivity index (χ0v) is 13.9. The van der Waals surface area contributed by atoms with Crippen LogP contribution in [0.25, 0.3) is 0 Å². The zero-order chi connectivity index (χ0) is 17.2. The first-order chi connectivity index (χ1) is 11.0. The van der Waals surface area contributed by atoms with Crippen LogP contribution in [0.4, 0.5) is 5.69 Å². The maximum absolute atomic E-state index is 12.0. The van der Waals surface area contributed by atoms with Gasteiger partial charge in [-0.15, -0.1) is 0 Å². The highest BCUT2D eigenvalue weighted by atomic mass is 32.1. The highest BCUT2D eigenvalue weighted by Crippen LogP contribution is 2.22. The quantitative estimate of drug-likeness (QED) is 0.297. The minimum absolute atomic E-state index is 0.0125. The summed E-state index contributed by atoms with van der Waals surface area (Å²) in [6, 6.07) is 7.14. The number of para-hydroxylation sites is 2. The molecule has 1 rings (SSSR count). The lowest BCUT2D eigenvalue weighted by molar-refractivity contribution is -0.134. The Morgan fingerprint density at radius 1 is 1.35 bits per heavy atom. The summed E-state index contributed by atoms with van der Waals surface area (Å²) < 4.78 is 10.2. The van der Waals surface area contributed by atoms with Gasteiger partial charge in [-0.2, -0.15) is 10.2 Å². The van der Waals surface area contributed by atoms with Gasteiger partial charge in [-0.05, 0) is 38.2 Å². The fourth-order valence-electron chi connectivity index (χ4n) is 1.52. The molecule has 0 fully saturated rings. The molecule has 1 aromatic carbocycles. The van der Waals surface area contributed by atoms with E-state index in [-0.39, 0.29) is 23.1 Å². The van der Waals surface area contributed by atoms with Crippen molar-refractivity contribution in [2.45, 2.75) is 13.8 Å². The Kier molecular flexibility index (Phi) is 7.48. The third-order valence-electron chi connectivity index (χ3n) is 2.54. The molecule has 0 aliphatic rings. The Hall–Kier alpha value is -2.68. The summed E-state index contributed by atoms with van der Waals surface area (Å²) in [6.45, 7) is 3.48. The molecule has 23 heavy (non-hydrogen) atoms. The van der Waals surface area contributed by atoms with Crippen LogP contribution in [0, 0.1) is 0 Å². The van der Waals surface area contributed by atoms with Gasteiger partial charge in [-0.3, -0.25) is 10.9 Å². The molecule has 0 heterocycles. The summed E-state index contributed by atoms with van der Waals surface area (Å²) in [5, 5.41) is 7.91. The van der Waals surface area contributed by atoms with Crippen molar-refractivity contribution in [1.29, 1.82) is 0 Å². The number of rotatable bonds is 7. The summed E-state index contributed by atoms with van der Waals surface area (Å²) in [5.74, 6) is -0.0452. The van der Waals surface area contributed by atoms with Crippen LogP contribution in [0.5, 0.6) is 5.75 Å². The van der Waals surface area contributed by atoms with E-state index in [1.807, 2.05) is 6.07 Å². The van der Waals surface area contributed by atoms with E-state index in [2.05, 4.69) is 33.3 Å². The molecule has 0 radical (unpaired) electrons. The molecule has 8 nitrogen and oxygen atoms in total. The lowest BCUT2D eigenvalue weighted by Gasteiger charge is -2.09. The molecule has 0 unspecified atom stereocenters. The van der Waals surface area contributed by atoms with Crippen LogP contribution in [0.3, 0.4) is 0 Å². The summed E-state index contributed by atoms with van der Waals surface area (Å²) in [7, 11) is 1.54. The molecule has 0 atom stereocenters. The van der Waals surface area contributed by atoms with Gasteiger partial charge >= 0.3 is 5.97 Å². The van der Waals surface area contributed by atoms with Crippen LogP contribution in [0.1, 0.15) is 13.8 Å². The lowest BCUT2D eigenvalue weighted by atomic mass is 10.2. The molecule has 0 bridgehead atoms. The number of thiocarbonyl (C=S) groups is 1. The minimum atomic E-state index is -0.624. The number of hydrazone groups is 2. The number of anilines is 1. The Labute approximate surface area is 139 Å². The number of methoxy groups -OCH3 is 1. The molecule has 0 saturated heterocycles. The van der Waals surface area contributed by atoms with Crippen LogP contribution in [0.15, 0.2) is 34.5 Å². The van der Waals surface area contributed by atoms with Gasteiger partial charge in [0, 0.05) is 0 Å². The SMILES string of the molecule is CCOC(=O)C(=N\Nc1ccccc1OC)/C(C)=N\NC(N)=S. The Balaban J connectivity index is 3.05. The molecule has 0 spiro atoms. The first kappa shape index (κ1) is 18.4. The summed E-state index contributed by atoms with van der Waals surface area (Å²) in [6.07, 6.45) is 0. The molecule has 1 aromatic rings. The molecule has 0 aliphatic carbocycles. The molecular formula is C14H19N5O3S. The van der Waals surface area contributed by atoms with E-state index >= 15 is 0 Å². The van der Waals surface area contributed by atoms with Gasteiger partial charge in [0.05, 0.1) is 25.1 Å². The second-order valence-corrected chi connectivity index (χ2v) is 4.61. The van der Waals surface area contributed by atoms with Gasteiger partial charge in [-0.25, -0.2) is 4.79 Å². The molecular weight excluding hydrogens is 318 g/mol. The maximum Gasteiger partial charge on any atom is 0.360 e. The number of benzene rings is 1. The van der Waals surface area contributed by atoms with Crippen molar-refractivity contribution >= 4 is 40.4 Å². The number of nitrogens with one attached hydrogen (secondary N) is 2. The monoisotopic (exact) mass is 337 g/mol. The number of hydrogen-bond acceptors (Lipinski definition) is 7. The van der Waals surface area contributed by atoms with E-state index in [9.17, 15) is 4.79 Å². The fourth-order valence-corrected chi connectivity index (χ4v) is 1.56. The number of carbonyl (C=O) groups is 1. The minimum Gasteiger partial charge on any atom is -0.495 e. The number of carbonyl (C=O) groups excluding carboxylic acids is 1. The van der Waals surface area contributed by atoms with Crippen molar-refractivity contribution in [3.63, 3.8) is 0 Å². The van der Waals surface area contributed by atoms with Crippen LogP contribution in [0.2, 0.25) is 0 Å². The summed E-state index contributed by atoms with van der Waals surface area (Å²) in [5.41, 5.74) is 11.3. The van der Waals surface area contributed by atoms with Gasteiger partial charge in [0.15, 0.2) is 10.8 Å². The van der Waals surface area contributed by atoms with Gasteiger partial charge in [-0.1, -0.05) is 12.1 Å². The third-order valence-corrected chi connectivity index (χ3v) is 2.63. The molecule has 4 N–H and O–H groups in total. The average molecular weight is 337 g/mol. The molecule has 9 heteroatoms. The number of ether oxygens (including phenoxy) is 2. The number of nitrogens with zero attached hydrogens (tertiary/aromatic N) is 2. The largest absolute Gasteiger partial charge is 0.495 e. The fraction of sp³-hybridized carbons (Fsp3) is 0.286. The second-order valence-electron chi connectivity index (χ2n) is 4.17. The van der Waals surface area contributed by atoms with Crippen LogP contribution >= 0.6 is 12.2 Å². The first-order valence-corrected chi connectivity index (χ1v) is 7.14. The second kappa shape index (κ2) is 9.36. The zero-order valence-electron chi connectivity index (χ0n) is 13.1. The van der Waals surface area contributed by atoms with E-state index in [1.54, 1.807) is 32.0 Å². The third kappa shape index (κ3) is 5.91. The summed E-state index contributed by atoms with van der Waals surface area (Å²) in [4.78, 5) is 12.0. The standard InChI is InChI=1S/C14H19N5O3S/c1-4-22-13(20)12(9(2)16-19-14(15)23)18-17-10-7-5-6-8-11(10)21-3/h5-8,17H,4H2,1-3H3,(H3,15,19,23)/b16-9-,18-12-. The van der Waals surface area contributed by atoms with E-state index in [0.717, 1.165) is 0 Å². The van der Waals surface area contributed by atoms with E-state index < -0.39 is 5.97 Å². The molecule has 0 amide bonds. The molecule has 0 saturated carbocycles. The Morgan fingerprint density at radius 2 is 2.04 bits per heavy atom. The highest BCUT2D eigenvalue weighted by Gasteiger charge is 2.17. The van der Waals surface area contributed by atoms with Crippen LogP contribution in [-0.2, 0) is 9.53 Å². The lowest BCUT2D eigenvalue weighted by Crippen LogP contribution is -2.30. The Morgan fingerprint density at radius 3 is 2.65 bits per heavy atom. The van der Waals surface area contributed by atoms with Gasteiger partial charge in [0.2, 0.25) is 0 Å². The smallest absolute Gasteiger partial charge is 0.360 e. The van der Waals surface area contributed by atoms with Crippen molar-refractivity contribution in [3.8, 4) is 5.75 Å². The van der Waals surface area contributed by atoms with E-state index in [4.69, 9.17) is 15.2 Å². The average Bonchev–Trinajstić information content (AvgIpc) is 2.53. The van der Waals surface area contributed by atoms with Crippen LogP contribution < -0.4 is 21.3 Å². The number of hydrogen-bond donors (Lipinski definition) is 3. The summed E-state index contributed by atoms with van der Waals surface area (Å²) >= 11 is 4.66. The van der Waals surface area contributed by atoms with Gasteiger partial charge < -0.3 is 15.2 Å². The van der Waals surface area contributed by atoms with Crippen molar-refractivity contribution in [1.82, 2.24) is 5.43 Å².